The van der Waals surface area contributed by atoms with Crippen LogP contribution in [0.4, 0.5) is 5.82 Å². The topological polar surface area (TPSA) is 41.1 Å². The molecule has 1 aliphatic rings. The maximum Gasteiger partial charge on any atom is 0.148 e. The molecule has 1 fully saturated rings. The summed E-state index contributed by atoms with van der Waals surface area (Å²) in [7, 11) is 0. The van der Waals surface area contributed by atoms with Crippen LogP contribution >= 0.6 is 0 Å². The van der Waals surface area contributed by atoms with Crippen molar-refractivity contribution in [3.63, 3.8) is 0 Å². The predicted octanol–water partition coefficient (Wildman–Crippen LogP) is 1.68. The number of nitrogens with zero attached hydrogens (tertiary/aromatic N) is 3. The summed E-state index contributed by atoms with van der Waals surface area (Å²) in [6.45, 7) is 6.60. The molecule has 4 heteroatoms. The van der Waals surface area contributed by atoms with Gasteiger partial charge in [0.15, 0.2) is 0 Å². The summed E-state index contributed by atoms with van der Waals surface area (Å²) < 4.78 is 0. The number of aryl methyl sites for hydroxylation is 1. The average Bonchev–Trinajstić information content (AvgIpc) is 2.30. The highest BCUT2D eigenvalue weighted by atomic mass is 15.2. The van der Waals surface area contributed by atoms with E-state index in [9.17, 15) is 0 Å². The number of anilines is 1. The Balaban J connectivity index is 1.71. The van der Waals surface area contributed by atoms with Gasteiger partial charge in [-0.3, -0.25) is 0 Å². The Morgan fingerprint density at radius 3 is 2.88 bits per heavy atom. The summed E-state index contributed by atoms with van der Waals surface area (Å²) in [5.74, 6) is 0.886. The quantitative estimate of drug-likeness (QED) is 0.838. The van der Waals surface area contributed by atoms with E-state index in [0.717, 1.165) is 24.5 Å². The van der Waals surface area contributed by atoms with Crippen molar-refractivity contribution in [2.75, 3.05) is 31.5 Å². The Kier molecular flexibility index (Phi) is 4.10. The summed E-state index contributed by atoms with van der Waals surface area (Å²) in [4.78, 5) is 2.51. The smallest absolute Gasteiger partial charge is 0.148 e. The lowest BCUT2D eigenvalue weighted by molar-refractivity contribution is 0.237. The molecule has 1 aliphatic heterocycles. The lowest BCUT2D eigenvalue weighted by Crippen LogP contribution is -2.33. The maximum absolute atomic E-state index is 4.04. The normalized spacial score (nSPS) is 17.3. The molecule has 0 unspecified atom stereocenters. The molecule has 1 aromatic rings. The highest BCUT2D eigenvalue weighted by molar-refractivity contribution is 5.34. The van der Waals surface area contributed by atoms with Gasteiger partial charge in [0.05, 0.1) is 6.20 Å². The molecule has 88 valence electrons. The molecule has 0 amide bonds. The third-order valence-corrected chi connectivity index (χ3v) is 2.97. The average molecular weight is 220 g/mol. The molecule has 1 aromatic heterocycles. The fourth-order valence-corrected chi connectivity index (χ4v) is 2.08. The van der Waals surface area contributed by atoms with E-state index >= 15 is 0 Å². The van der Waals surface area contributed by atoms with E-state index in [4.69, 9.17) is 0 Å². The summed E-state index contributed by atoms with van der Waals surface area (Å²) in [5.41, 5.74) is 1.15. The van der Waals surface area contributed by atoms with Gasteiger partial charge < -0.3 is 10.2 Å². The molecule has 0 aliphatic carbocycles. The van der Waals surface area contributed by atoms with Gasteiger partial charge in [0.1, 0.15) is 5.82 Å². The second-order valence-electron chi connectivity index (χ2n) is 4.45. The van der Waals surface area contributed by atoms with Gasteiger partial charge in [-0.15, -0.1) is 5.10 Å². The number of hydrogen-bond acceptors (Lipinski definition) is 4. The third-order valence-electron chi connectivity index (χ3n) is 2.97. The summed E-state index contributed by atoms with van der Waals surface area (Å²) in [5, 5.41) is 11.3. The zero-order chi connectivity index (χ0) is 11.2. The molecule has 4 nitrogen and oxygen atoms in total. The van der Waals surface area contributed by atoms with Crippen molar-refractivity contribution in [2.24, 2.45) is 0 Å². The first-order chi connectivity index (χ1) is 7.84. The van der Waals surface area contributed by atoms with Gasteiger partial charge in [-0.25, -0.2) is 0 Å². The van der Waals surface area contributed by atoms with Crippen LogP contribution in [0.15, 0.2) is 12.3 Å². The molecule has 0 saturated carbocycles. The Hall–Kier alpha value is -1.16. The Bertz CT molecular complexity index is 321. The van der Waals surface area contributed by atoms with Crippen LogP contribution in [-0.4, -0.2) is 41.3 Å². The Morgan fingerprint density at radius 2 is 2.12 bits per heavy atom. The molecular formula is C12H20N4. The van der Waals surface area contributed by atoms with Gasteiger partial charge in [0.2, 0.25) is 0 Å². The first-order valence-corrected chi connectivity index (χ1v) is 6.10. The van der Waals surface area contributed by atoms with E-state index in [1.807, 2.05) is 13.0 Å². The summed E-state index contributed by atoms with van der Waals surface area (Å²) in [6, 6.07) is 2.03. The van der Waals surface area contributed by atoms with Crippen molar-refractivity contribution in [3.8, 4) is 0 Å². The third kappa shape index (κ3) is 3.45. The van der Waals surface area contributed by atoms with Crippen molar-refractivity contribution in [2.45, 2.75) is 26.2 Å². The van der Waals surface area contributed by atoms with Crippen molar-refractivity contribution in [1.29, 1.82) is 0 Å². The second-order valence-corrected chi connectivity index (χ2v) is 4.45. The minimum Gasteiger partial charge on any atom is -0.367 e. The molecule has 0 spiro atoms. The van der Waals surface area contributed by atoms with Crippen LogP contribution in [0.3, 0.4) is 0 Å². The molecule has 1 saturated heterocycles. The van der Waals surface area contributed by atoms with Gasteiger partial charge in [-0.05, 0) is 44.5 Å². The van der Waals surface area contributed by atoms with Crippen LogP contribution < -0.4 is 5.32 Å². The Labute approximate surface area is 97.1 Å². The molecule has 0 aromatic carbocycles. The monoisotopic (exact) mass is 220 g/mol. The van der Waals surface area contributed by atoms with E-state index in [2.05, 4.69) is 20.4 Å². The number of likely N-dealkylation sites (tertiary alicyclic amines) is 1. The van der Waals surface area contributed by atoms with Gasteiger partial charge >= 0.3 is 0 Å². The molecule has 16 heavy (non-hydrogen) atoms. The van der Waals surface area contributed by atoms with Crippen molar-refractivity contribution >= 4 is 5.82 Å². The first kappa shape index (κ1) is 11.3. The standard InChI is InChI=1S/C12H20N4/c1-11-9-12(15-14-10-11)13-5-8-16-6-3-2-4-7-16/h9-10H,2-8H2,1H3,(H,13,15). The number of nitrogens with one attached hydrogen (secondary N) is 1. The summed E-state index contributed by atoms with van der Waals surface area (Å²) in [6.07, 6.45) is 5.87. The second kappa shape index (κ2) is 5.80. The molecule has 0 radical (unpaired) electrons. The minimum atomic E-state index is 0.886. The van der Waals surface area contributed by atoms with Crippen LogP contribution in [0.5, 0.6) is 0 Å². The lowest BCUT2D eigenvalue weighted by Gasteiger charge is -2.26. The minimum absolute atomic E-state index is 0.886. The van der Waals surface area contributed by atoms with Crippen molar-refractivity contribution in [1.82, 2.24) is 15.1 Å². The predicted molar refractivity (Wildman–Crippen MR) is 65.5 cm³/mol. The van der Waals surface area contributed by atoms with Crippen molar-refractivity contribution < 1.29 is 0 Å². The fourth-order valence-electron chi connectivity index (χ4n) is 2.08. The highest BCUT2D eigenvalue weighted by Crippen LogP contribution is 2.08. The van der Waals surface area contributed by atoms with Crippen LogP contribution in [0.2, 0.25) is 0 Å². The number of hydrogen-bond donors (Lipinski definition) is 1. The molecule has 2 rings (SSSR count). The van der Waals surface area contributed by atoms with Crippen LogP contribution in [0.1, 0.15) is 24.8 Å². The summed E-state index contributed by atoms with van der Waals surface area (Å²) >= 11 is 0. The molecule has 0 bridgehead atoms. The van der Waals surface area contributed by atoms with Gasteiger partial charge in [0.25, 0.3) is 0 Å². The van der Waals surface area contributed by atoms with E-state index < -0.39 is 0 Å². The van der Waals surface area contributed by atoms with Crippen LogP contribution in [0.25, 0.3) is 0 Å². The molecular weight excluding hydrogens is 200 g/mol. The molecule has 0 atom stereocenters. The maximum atomic E-state index is 4.04. The number of rotatable bonds is 4. The van der Waals surface area contributed by atoms with Gasteiger partial charge in [-0.2, -0.15) is 5.10 Å². The number of aromatic nitrogens is 2. The Morgan fingerprint density at radius 1 is 1.31 bits per heavy atom. The molecule has 2 heterocycles. The SMILES string of the molecule is Cc1cnnc(NCCN2CCCCC2)c1. The van der Waals surface area contributed by atoms with E-state index in [0.29, 0.717) is 0 Å². The molecule has 1 N–H and O–H groups in total. The van der Waals surface area contributed by atoms with Crippen molar-refractivity contribution in [3.05, 3.63) is 17.8 Å². The first-order valence-electron chi connectivity index (χ1n) is 6.10. The van der Waals surface area contributed by atoms with Gasteiger partial charge in [0, 0.05) is 13.1 Å². The van der Waals surface area contributed by atoms with E-state index in [-0.39, 0.29) is 0 Å². The zero-order valence-corrected chi connectivity index (χ0v) is 9.95. The van der Waals surface area contributed by atoms with Crippen LogP contribution in [0, 0.1) is 6.92 Å². The fraction of sp³-hybridized carbons (Fsp3) is 0.667. The zero-order valence-electron chi connectivity index (χ0n) is 9.95. The largest absolute Gasteiger partial charge is 0.367 e. The number of piperidine rings is 1. The van der Waals surface area contributed by atoms with Crippen LogP contribution in [-0.2, 0) is 0 Å². The highest BCUT2D eigenvalue weighted by Gasteiger charge is 2.08. The van der Waals surface area contributed by atoms with E-state index in [1.165, 1.54) is 32.4 Å². The van der Waals surface area contributed by atoms with Gasteiger partial charge in [-0.1, -0.05) is 6.42 Å². The lowest BCUT2D eigenvalue weighted by atomic mass is 10.1. The van der Waals surface area contributed by atoms with E-state index in [1.54, 1.807) is 6.20 Å².